The molecule has 2 aromatic rings. The van der Waals surface area contributed by atoms with E-state index in [0.717, 1.165) is 24.3 Å². The topological polar surface area (TPSA) is 70.5 Å². The molecular formula is C17H22N2O2. The monoisotopic (exact) mass is 286 g/mol. The highest BCUT2D eigenvalue weighted by atomic mass is 16.7. The molecule has 0 heterocycles. The molecule has 2 rings (SSSR count). The number of hydrogen-bond acceptors (Lipinski definition) is 4. The second kappa shape index (κ2) is 8.29. The van der Waals surface area contributed by atoms with Crippen LogP contribution in [0.15, 0.2) is 48.5 Å². The second-order valence-corrected chi connectivity index (χ2v) is 4.77. The number of benzene rings is 2. The molecule has 0 bridgehead atoms. The first-order valence-electron chi connectivity index (χ1n) is 7.15. The number of rotatable bonds is 8. The largest absolute Gasteiger partial charge is 0.458 e. The van der Waals surface area contributed by atoms with Gasteiger partial charge in [-0.2, -0.15) is 0 Å². The second-order valence-electron chi connectivity index (χ2n) is 4.77. The standard InChI is InChI=1S/C17H22N2O2/c18-11-9-14-1-5-16(6-2-14)20-13-21-17-7-3-15(4-8-17)10-12-19/h1-8H,9-13,18-19H2. The highest BCUT2D eigenvalue weighted by molar-refractivity contribution is 5.28. The Balaban J connectivity index is 1.78. The summed E-state index contributed by atoms with van der Waals surface area (Å²) in [7, 11) is 0. The van der Waals surface area contributed by atoms with Crippen molar-refractivity contribution in [1.82, 2.24) is 0 Å². The van der Waals surface area contributed by atoms with Gasteiger partial charge in [0.2, 0.25) is 6.79 Å². The lowest BCUT2D eigenvalue weighted by Gasteiger charge is -2.09. The molecule has 4 nitrogen and oxygen atoms in total. The summed E-state index contributed by atoms with van der Waals surface area (Å²) in [4.78, 5) is 0. The summed E-state index contributed by atoms with van der Waals surface area (Å²) in [6, 6.07) is 15.8. The lowest BCUT2D eigenvalue weighted by Crippen LogP contribution is -2.06. The first-order chi connectivity index (χ1) is 10.3. The summed E-state index contributed by atoms with van der Waals surface area (Å²) in [5, 5.41) is 0. The molecule has 4 heteroatoms. The Morgan fingerprint density at radius 2 is 1.00 bits per heavy atom. The fourth-order valence-electron chi connectivity index (χ4n) is 2.00. The van der Waals surface area contributed by atoms with Crippen LogP contribution >= 0.6 is 0 Å². The summed E-state index contributed by atoms with van der Waals surface area (Å²) < 4.78 is 11.1. The maximum absolute atomic E-state index is 5.55. The molecule has 0 aliphatic heterocycles. The lowest BCUT2D eigenvalue weighted by atomic mass is 10.1. The third-order valence-corrected chi connectivity index (χ3v) is 3.16. The van der Waals surface area contributed by atoms with Gasteiger partial charge in [-0.05, 0) is 61.3 Å². The van der Waals surface area contributed by atoms with Crippen molar-refractivity contribution < 1.29 is 9.47 Å². The molecule has 0 amide bonds. The Hall–Kier alpha value is -2.04. The van der Waals surface area contributed by atoms with Crippen molar-refractivity contribution in [3.63, 3.8) is 0 Å². The molecule has 4 N–H and O–H groups in total. The Kier molecular flexibility index (Phi) is 6.06. The molecule has 112 valence electrons. The van der Waals surface area contributed by atoms with E-state index in [1.165, 1.54) is 11.1 Å². The van der Waals surface area contributed by atoms with Crippen LogP contribution in [0.5, 0.6) is 11.5 Å². The van der Waals surface area contributed by atoms with Crippen LogP contribution in [0.3, 0.4) is 0 Å². The van der Waals surface area contributed by atoms with Crippen molar-refractivity contribution >= 4 is 0 Å². The van der Waals surface area contributed by atoms with E-state index >= 15 is 0 Å². The average molecular weight is 286 g/mol. The van der Waals surface area contributed by atoms with Gasteiger partial charge in [-0.3, -0.25) is 0 Å². The normalized spacial score (nSPS) is 10.4. The highest BCUT2D eigenvalue weighted by Gasteiger charge is 1.98. The van der Waals surface area contributed by atoms with E-state index in [9.17, 15) is 0 Å². The van der Waals surface area contributed by atoms with Gasteiger partial charge in [-0.15, -0.1) is 0 Å². The molecule has 0 spiro atoms. The zero-order valence-corrected chi connectivity index (χ0v) is 12.1. The van der Waals surface area contributed by atoms with E-state index in [1.807, 2.05) is 48.5 Å². The van der Waals surface area contributed by atoms with E-state index in [2.05, 4.69) is 0 Å². The summed E-state index contributed by atoms with van der Waals surface area (Å²) in [6.45, 7) is 1.50. The molecule has 0 aliphatic rings. The van der Waals surface area contributed by atoms with Crippen LogP contribution in [0.2, 0.25) is 0 Å². The molecule has 0 aromatic heterocycles. The fourth-order valence-corrected chi connectivity index (χ4v) is 2.00. The van der Waals surface area contributed by atoms with Gasteiger partial charge in [0.1, 0.15) is 11.5 Å². The molecule has 0 radical (unpaired) electrons. The van der Waals surface area contributed by atoms with Crippen LogP contribution in [-0.2, 0) is 12.8 Å². The molecule has 2 aromatic carbocycles. The predicted molar refractivity (Wildman–Crippen MR) is 84.5 cm³/mol. The van der Waals surface area contributed by atoms with Gasteiger partial charge < -0.3 is 20.9 Å². The van der Waals surface area contributed by atoms with Crippen molar-refractivity contribution in [1.29, 1.82) is 0 Å². The number of nitrogens with two attached hydrogens (primary N) is 2. The Bertz CT molecular complexity index is 474. The SMILES string of the molecule is NCCc1ccc(OCOc2ccc(CCN)cc2)cc1. The maximum atomic E-state index is 5.55. The smallest absolute Gasteiger partial charge is 0.230 e. The van der Waals surface area contributed by atoms with Gasteiger partial charge in [0.05, 0.1) is 0 Å². The number of hydrogen-bond donors (Lipinski definition) is 2. The zero-order valence-electron chi connectivity index (χ0n) is 12.1. The minimum Gasteiger partial charge on any atom is -0.458 e. The van der Waals surface area contributed by atoms with Gasteiger partial charge in [0.15, 0.2) is 0 Å². The molecule has 0 unspecified atom stereocenters. The average Bonchev–Trinajstić information content (AvgIpc) is 2.51. The number of ether oxygens (including phenoxy) is 2. The maximum Gasteiger partial charge on any atom is 0.230 e. The van der Waals surface area contributed by atoms with Crippen molar-refractivity contribution in [2.75, 3.05) is 19.9 Å². The van der Waals surface area contributed by atoms with Gasteiger partial charge in [0, 0.05) is 0 Å². The molecule has 0 saturated carbocycles. The highest BCUT2D eigenvalue weighted by Crippen LogP contribution is 2.15. The van der Waals surface area contributed by atoms with Crippen molar-refractivity contribution in [2.24, 2.45) is 11.5 Å². The summed E-state index contributed by atoms with van der Waals surface area (Å²) in [5.74, 6) is 1.58. The van der Waals surface area contributed by atoms with E-state index in [4.69, 9.17) is 20.9 Å². The Labute approximate surface area is 125 Å². The van der Waals surface area contributed by atoms with Crippen LogP contribution in [-0.4, -0.2) is 19.9 Å². The lowest BCUT2D eigenvalue weighted by molar-refractivity contribution is 0.120. The van der Waals surface area contributed by atoms with Crippen molar-refractivity contribution in [2.45, 2.75) is 12.8 Å². The molecule has 0 atom stereocenters. The summed E-state index contributed by atoms with van der Waals surface area (Å²) >= 11 is 0. The quantitative estimate of drug-likeness (QED) is 0.729. The van der Waals surface area contributed by atoms with E-state index in [0.29, 0.717) is 13.1 Å². The third kappa shape index (κ3) is 5.10. The minimum atomic E-state index is 0.187. The van der Waals surface area contributed by atoms with Crippen molar-refractivity contribution in [3.8, 4) is 11.5 Å². The molecular weight excluding hydrogens is 264 g/mol. The van der Waals surface area contributed by atoms with Crippen LogP contribution < -0.4 is 20.9 Å². The van der Waals surface area contributed by atoms with Gasteiger partial charge in [-0.1, -0.05) is 24.3 Å². The zero-order chi connectivity index (χ0) is 14.9. The molecule has 21 heavy (non-hydrogen) atoms. The van der Waals surface area contributed by atoms with E-state index < -0.39 is 0 Å². The molecule has 0 aliphatic carbocycles. The van der Waals surface area contributed by atoms with Crippen LogP contribution in [0.4, 0.5) is 0 Å². The summed E-state index contributed by atoms with van der Waals surface area (Å²) in [6.07, 6.45) is 1.76. The van der Waals surface area contributed by atoms with Crippen LogP contribution in [0, 0.1) is 0 Å². The van der Waals surface area contributed by atoms with Crippen molar-refractivity contribution in [3.05, 3.63) is 59.7 Å². The Morgan fingerprint density at radius 3 is 1.33 bits per heavy atom. The van der Waals surface area contributed by atoms with Gasteiger partial charge >= 0.3 is 0 Å². The molecule has 0 fully saturated rings. The Morgan fingerprint density at radius 1 is 0.619 bits per heavy atom. The van der Waals surface area contributed by atoms with E-state index in [1.54, 1.807) is 0 Å². The van der Waals surface area contributed by atoms with Gasteiger partial charge in [0.25, 0.3) is 0 Å². The van der Waals surface area contributed by atoms with E-state index in [-0.39, 0.29) is 6.79 Å². The fraction of sp³-hybridized carbons (Fsp3) is 0.294. The minimum absolute atomic E-state index is 0.187. The predicted octanol–water partition coefficient (Wildman–Crippen LogP) is 2.10. The van der Waals surface area contributed by atoms with Crippen LogP contribution in [0.1, 0.15) is 11.1 Å². The first kappa shape index (κ1) is 15.4. The third-order valence-electron chi connectivity index (χ3n) is 3.16. The first-order valence-corrected chi connectivity index (χ1v) is 7.15. The molecule has 0 saturated heterocycles. The van der Waals surface area contributed by atoms with Gasteiger partial charge in [-0.25, -0.2) is 0 Å². The van der Waals surface area contributed by atoms with Crippen LogP contribution in [0.25, 0.3) is 0 Å². The summed E-state index contributed by atoms with van der Waals surface area (Å²) in [5.41, 5.74) is 13.4.